The molecule has 1 aromatic carbocycles. The molecule has 1 aromatic heterocycles. The lowest BCUT2D eigenvalue weighted by Gasteiger charge is -1.99. The van der Waals surface area contributed by atoms with Crippen LogP contribution in [0.1, 0.15) is 17.0 Å². The van der Waals surface area contributed by atoms with Crippen LogP contribution in [0.15, 0.2) is 42.7 Å². The van der Waals surface area contributed by atoms with Crippen LogP contribution >= 0.6 is 0 Å². The maximum Gasteiger partial charge on any atom is 0.190 e. The van der Waals surface area contributed by atoms with Crippen molar-refractivity contribution in [3.05, 3.63) is 59.7 Å². The van der Waals surface area contributed by atoms with Gasteiger partial charge in [-0.15, -0.1) is 0 Å². The minimum atomic E-state index is 0.908. The lowest BCUT2D eigenvalue weighted by atomic mass is 10.2. The highest BCUT2D eigenvalue weighted by atomic mass is 15.0. The third-order valence-electron chi connectivity index (χ3n) is 2.27. The van der Waals surface area contributed by atoms with Crippen molar-refractivity contribution in [3.63, 3.8) is 0 Å². The first-order valence-corrected chi connectivity index (χ1v) is 5.12. The van der Waals surface area contributed by atoms with Gasteiger partial charge in [0.25, 0.3) is 0 Å². The Morgan fingerprint density at radius 3 is 2.20 bits per heavy atom. The van der Waals surface area contributed by atoms with E-state index in [1.807, 2.05) is 19.9 Å². The van der Waals surface area contributed by atoms with E-state index in [2.05, 4.69) is 46.2 Å². The van der Waals surface area contributed by atoms with Crippen molar-refractivity contribution < 1.29 is 4.57 Å². The van der Waals surface area contributed by atoms with Crippen LogP contribution in [0.4, 0.5) is 0 Å². The van der Waals surface area contributed by atoms with Crippen LogP contribution in [0.25, 0.3) is 0 Å². The molecule has 0 aliphatic rings. The normalized spacial score (nSPS) is 10.3. The van der Waals surface area contributed by atoms with Gasteiger partial charge in [0.1, 0.15) is 11.4 Å². The van der Waals surface area contributed by atoms with Gasteiger partial charge in [-0.3, -0.25) is 0 Å². The van der Waals surface area contributed by atoms with Crippen LogP contribution in [0.2, 0.25) is 0 Å². The summed E-state index contributed by atoms with van der Waals surface area (Å²) in [6.07, 6.45) is 4.14. The standard InChI is InChI=1S/C13H15N2/c1-11-8-15(9-12(2)14-11)10-13-6-4-3-5-7-13/h3-9H,10H2,1-2H3/q+1. The molecule has 0 saturated heterocycles. The molecule has 0 saturated carbocycles. The highest BCUT2D eigenvalue weighted by Gasteiger charge is 2.04. The van der Waals surface area contributed by atoms with Gasteiger partial charge in [-0.2, -0.15) is 4.57 Å². The highest BCUT2D eigenvalue weighted by Crippen LogP contribution is 1.98. The quantitative estimate of drug-likeness (QED) is 0.676. The molecule has 2 aromatic rings. The number of nitrogens with zero attached hydrogens (tertiary/aromatic N) is 2. The maximum absolute atomic E-state index is 4.36. The first-order chi connectivity index (χ1) is 7.24. The number of rotatable bonds is 2. The number of benzene rings is 1. The average Bonchev–Trinajstić information content (AvgIpc) is 2.17. The topological polar surface area (TPSA) is 16.8 Å². The zero-order valence-corrected chi connectivity index (χ0v) is 9.14. The fourth-order valence-corrected chi connectivity index (χ4v) is 1.74. The monoisotopic (exact) mass is 199 g/mol. The summed E-state index contributed by atoms with van der Waals surface area (Å²) in [6, 6.07) is 10.4. The zero-order valence-electron chi connectivity index (χ0n) is 9.14. The Kier molecular flexibility index (Phi) is 2.77. The molecule has 0 bridgehead atoms. The molecule has 0 aliphatic carbocycles. The highest BCUT2D eigenvalue weighted by molar-refractivity contribution is 5.13. The summed E-state index contributed by atoms with van der Waals surface area (Å²) in [6.45, 7) is 4.95. The van der Waals surface area contributed by atoms with Crippen molar-refractivity contribution in [2.45, 2.75) is 20.4 Å². The molecule has 0 radical (unpaired) electrons. The number of hydrogen-bond acceptors (Lipinski definition) is 1. The van der Waals surface area contributed by atoms with E-state index < -0.39 is 0 Å². The van der Waals surface area contributed by atoms with E-state index in [9.17, 15) is 0 Å². The first-order valence-electron chi connectivity index (χ1n) is 5.12. The van der Waals surface area contributed by atoms with Crippen LogP contribution in [-0.2, 0) is 6.54 Å². The van der Waals surface area contributed by atoms with Crippen LogP contribution < -0.4 is 4.57 Å². The molecule has 2 nitrogen and oxygen atoms in total. The molecular formula is C13H15N2+. The van der Waals surface area contributed by atoms with Crippen molar-refractivity contribution in [2.75, 3.05) is 0 Å². The molecule has 0 unspecified atom stereocenters. The van der Waals surface area contributed by atoms with Crippen molar-refractivity contribution in [1.29, 1.82) is 0 Å². The summed E-state index contributed by atoms with van der Waals surface area (Å²) >= 11 is 0. The Hall–Kier alpha value is -1.70. The Labute approximate surface area is 90.2 Å². The summed E-state index contributed by atoms with van der Waals surface area (Å²) in [5.74, 6) is 0. The molecule has 0 N–H and O–H groups in total. The molecule has 2 heteroatoms. The van der Waals surface area contributed by atoms with E-state index in [0.717, 1.165) is 17.9 Å². The zero-order chi connectivity index (χ0) is 10.7. The predicted octanol–water partition coefficient (Wildman–Crippen LogP) is 2.03. The molecular weight excluding hydrogens is 184 g/mol. The van der Waals surface area contributed by atoms with E-state index in [4.69, 9.17) is 0 Å². The molecule has 0 aliphatic heterocycles. The van der Waals surface area contributed by atoms with Crippen molar-refractivity contribution in [3.8, 4) is 0 Å². The van der Waals surface area contributed by atoms with Gasteiger partial charge in [0.05, 0.1) is 0 Å². The fraction of sp³-hybridized carbons (Fsp3) is 0.231. The Morgan fingerprint density at radius 1 is 1.00 bits per heavy atom. The fourth-order valence-electron chi connectivity index (χ4n) is 1.74. The van der Waals surface area contributed by atoms with Gasteiger partial charge in [-0.1, -0.05) is 30.3 Å². The minimum Gasteiger partial charge on any atom is -0.246 e. The maximum atomic E-state index is 4.36. The Bertz CT molecular complexity index is 429. The van der Waals surface area contributed by atoms with Crippen molar-refractivity contribution >= 4 is 0 Å². The largest absolute Gasteiger partial charge is 0.246 e. The van der Waals surface area contributed by atoms with E-state index >= 15 is 0 Å². The third-order valence-corrected chi connectivity index (χ3v) is 2.27. The molecule has 0 fully saturated rings. The summed E-state index contributed by atoms with van der Waals surface area (Å²) in [4.78, 5) is 4.36. The smallest absolute Gasteiger partial charge is 0.190 e. The lowest BCUT2D eigenvalue weighted by Crippen LogP contribution is -2.34. The Morgan fingerprint density at radius 2 is 1.60 bits per heavy atom. The predicted molar refractivity (Wildman–Crippen MR) is 59.5 cm³/mol. The second-order valence-electron chi connectivity index (χ2n) is 3.81. The van der Waals surface area contributed by atoms with Crippen molar-refractivity contribution in [2.24, 2.45) is 0 Å². The molecule has 0 atom stereocenters. The molecule has 2 rings (SSSR count). The molecule has 76 valence electrons. The second-order valence-corrected chi connectivity index (χ2v) is 3.81. The number of aromatic nitrogens is 2. The average molecular weight is 199 g/mol. The third kappa shape index (κ3) is 2.62. The van der Waals surface area contributed by atoms with Gasteiger partial charge in [-0.25, -0.2) is 4.98 Å². The van der Waals surface area contributed by atoms with Gasteiger partial charge in [0.2, 0.25) is 0 Å². The number of aryl methyl sites for hydroxylation is 2. The van der Waals surface area contributed by atoms with E-state index in [1.54, 1.807) is 0 Å². The summed E-state index contributed by atoms with van der Waals surface area (Å²) in [5, 5.41) is 0. The van der Waals surface area contributed by atoms with Gasteiger partial charge < -0.3 is 0 Å². The van der Waals surface area contributed by atoms with Crippen LogP contribution in [0.3, 0.4) is 0 Å². The number of hydrogen-bond donors (Lipinski definition) is 0. The van der Waals surface area contributed by atoms with E-state index in [0.29, 0.717) is 0 Å². The second kappa shape index (κ2) is 4.22. The summed E-state index contributed by atoms with van der Waals surface area (Å²) < 4.78 is 2.17. The minimum absolute atomic E-state index is 0.908. The lowest BCUT2D eigenvalue weighted by molar-refractivity contribution is -0.689. The van der Waals surface area contributed by atoms with Crippen LogP contribution in [-0.4, -0.2) is 4.98 Å². The van der Waals surface area contributed by atoms with Gasteiger partial charge >= 0.3 is 0 Å². The van der Waals surface area contributed by atoms with Crippen molar-refractivity contribution in [1.82, 2.24) is 4.98 Å². The van der Waals surface area contributed by atoms with E-state index in [-0.39, 0.29) is 0 Å². The van der Waals surface area contributed by atoms with Crippen LogP contribution in [0.5, 0.6) is 0 Å². The molecule has 0 spiro atoms. The van der Waals surface area contributed by atoms with Gasteiger partial charge in [0.15, 0.2) is 18.9 Å². The summed E-state index contributed by atoms with van der Waals surface area (Å²) in [7, 11) is 0. The molecule has 15 heavy (non-hydrogen) atoms. The molecule has 0 amide bonds. The SMILES string of the molecule is Cc1c[n+](Cc2ccccc2)cc(C)n1. The Balaban J connectivity index is 2.25. The van der Waals surface area contributed by atoms with Gasteiger partial charge in [0, 0.05) is 5.56 Å². The van der Waals surface area contributed by atoms with Gasteiger partial charge in [-0.05, 0) is 13.8 Å². The summed E-state index contributed by atoms with van der Waals surface area (Å²) in [5.41, 5.74) is 3.43. The first kappa shape index (κ1) is 9.84. The molecule has 1 heterocycles. The van der Waals surface area contributed by atoms with Crippen LogP contribution in [0, 0.1) is 13.8 Å². The van der Waals surface area contributed by atoms with E-state index in [1.165, 1.54) is 5.56 Å².